The number of benzene rings is 4. The topological polar surface area (TPSA) is 15.3 Å². The second-order valence-corrected chi connectivity index (χ2v) is 8.96. The first-order valence-corrected chi connectivity index (χ1v) is 10.8. The van der Waals surface area contributed by atoms with E-state index in [0.717, 1.165) is 28.4 Å². The van der Waals surface area contributed by atoms with Gasteiger partial charge in [-0.3, -0.25) is 0 Å². The van der Waals surface area contributed by atoms with Gasteiger partial charge in [0.1, 0.15) is 0 Å². The van der Waals surface area contributed by atoms with E-state index in [2.05, 4.69) is 141 Å². The van der Waals surface area contributed by atoms with Gasteiger partial charge in [-0.25, -0.2) is 0 Å². The van der Waals surface area contributed by atoms with Crippen LogP contribution in [0.5, 0.6) is 0 Å². The van der Waals surface area contributed by atoms with E-state index in [-0.39, 0.29) is 5.41 Å². The fourth-order valence-electron chi connectivity index (χ4n) is 3.75. The van der Waals surface area contributed by atoms with E-state index in [9.17, 15) is 0 Å². The number of nitrogens with one attached hydrogen (secondary N) is 1. The lowest BCUT2D eigenvalue weighted by atomic mass is 9.86. The Morgan fingerprint density at radius 2 is 1.19 bits per heavy atom. The van der Waals surface area contributed by atoms with Gasteiger partial charge in [-0.15, -0.1) is 0 Å². The van der Waals surface area contributed by atoms with Gasteiger partial charge in [0.05, 0.1) is 0 Å². The predicted molar refractivity (Wildman–Crippen MR) is 134 cm³/mol. The van der Waals surface area contributed by atoms with Crippen LogP contribution in [0.15, 0.2) is 103 Å². The first-order chi connectivity index (χ1) is 14.9. The maximum Gasteiger partial charge on any atom is 0.0482 e. The molecule has 0 atom stereocenters. The van der Waals surface area contributed by atoms with Crippen LogP contribution in [-0.4, -0.2) is 0 Å². The molecule has 0 heterocycles. The van der Waals surface area contributed by atoms with Crippen molar-refractivity contribution in [3.05, 3.63) is 114 Å². The zero-order valence-corrected chi connectivity index (χ0v) is 18.8. The highest BCUT2D eigenvalue weighted by Gasteiger charge is 2.15. The summed E-state index contributed by atoms with van der Waals surface area (Å²) in [5.74, 6) is 0. The highest BCUT2D eigenvalue weighted by molar-refractivity contribution is 5.79. The third kappa shape index (κ3) is 4.80. The summed E-state index contributed by atoms with van der Waals surface area (Å²) in [5, 5.41) is 3.62. The number of nitrogens with zero attached hydrogens (tertiary/aromatic N) is 1. The molecule has 4 aromatic carbocycles. The Balaban J connectivity index is 1.69. The molecule has 0 bridgehead atoms. The lowest BCUT2D eigenvalue weighted by Gasteiger charge is -2.26. The minimum absolute atomic E-state index is 0.148. The van der Waals surface area contributed by atoms with Crippen molar-refractivity contribution in [2.75, 3.05) is 10.2 Å². The maximum absolute atomic E-state index is 3.62. The summed E-state index contributed by atoms with van der Waals surface area (Å²) in [6, 6.07) is 36.3. The van der Waals surface area contributed by atoms with Gasteiger partial charge in [0.15, 0.2) is 0 Å². The van der Waals surface area contributed by atoms with Crippen LogP contribution in [0.1, 0.15) is 31.9 Å². The number of rotatable bonds is 5. The second-order valence-electron chi connectivity index (χ2n) is 8.96. The van der Waals surface area contributed by atoms with Crippen molar-refractivity contribution in [2.24, 2.45) is 0 Å². The molecule has 4 rings (SSSR count). The zero-order chi connectivity index (χ0) is 21.8. The molecule has 31 heavy (non-hydrogen) atoms. The molecule has 0 unspecified atom stereocenters. The summed E-state index contributed by atoms with van der Waals surface area (Å²) in [7, 11) is 0. The number of aryl methyl sites for hydroxylation is 1. The molecular weight excluding hydrogens is 376 g/mol. The minimum Gasteiger partial charge on any atom is -0.355 e. The Bertz CT molecular complexity index is 1100. The van der Waals surface area contributed by atoms with Gasteiger partial charge < -0.3 is 10.2 Å². The van der Waals surface area contributed by atoms with Gasteiger partial charge >= 0.3 is 0 Å². The summed E-state index contributed by atoms with van der Waals surface area (Å²) in [4.78, 5) is 2.28. The Morgan fingerprint density at radius 1 is 0.613 bits per heavy atom. The van der Waals surface area contributed by atoms with Crippen molar-refractivity contribution in [2.45, 2.75) is 33.1 Å². The van der Waals surface area contributed by atoms with Crippen molar-refractivity contribution >= 4 is 28.4 Å². The predicted octanol–water partition coefficient (Wildman–Crippen LogP) is 8.51. The van der Waals surface area contributed by atoms with E-state index < -0.39 is 0 Å². The lowest BCUT2D eigenvalue weighted by molar-refractivity contribution is 0.590. The third-order valence-electron chi connectivity index (χ3n) is 5.50. The third-order valence-corrected chi connectivity index (χ3v) is 5.50. The molecule has 0 fully saturated rings. The molecule has 0 aliphatic carbocycles. The average molecular weight is 407 g/mol. The fourth-order valence-corrected chi connectivity index (χ4v) is 3.75. The van der Waals surface area contributed by atoms with Crippen molar-refractivity contribution in [3.63, 3.8) is 0 Å². The molecule has 2 nitrogen and oxygen atoms in total. The van der Waals surface area contributed by atoms with Crippen molar-refractivity contribution in [1.82, 2.24) is 0 Å². The van der Waals surface area contributed by atoms with Gasteiger partial charge in [-0.1, -0.05) is 75.4 Å². The van der Waals surface area contributed by atoms with Crippen LogP contribution in [0.25, 0.3) is 0 Å². The standard InChI is InChI=1S/C29H30N2/c1-22-20-23(29(2,3)4)18-19-28(22)30-24-12-11-17-27(21-24)31(25-13-7-5-8-14-25)26-15-9-6-10-16-26/h5-21,30H,1-4H3. The monoisotopic (exact) mass is 406 g/mol. The fraction of sp³-hybridized carbons (Fsp3) is 0.172. The summed E-state index contributed by atoms with van der Waals surface area (Å²) in [5.41, 5.74) is 8.34. The van der Waals surface area contributed by atoms with E-state index in [1.165, 1.54) is 11.1 Å². The Hall–Kier alpha value is -3.52. The van der Waals surface area contributed by atoms with E-state index >= 15 is 0 Å². The largest absolute Gasteiger partial charge is 0.355 e. The molecule has 0 amide bonds. The SMILES string of the molecule is Cc1cc(C(C)(C)C)ccc1Nc1cccc(N(c2ccccc2)c2ccccc2)c1. The van der Waals surface area contributed by atoms with E-state index in [0.29, 0.717) is 0 Å². The van der Waals surface area contributed by atoms with Gasteiger partial charge in [-0.05, 0) is 72.0 Å². The molecule has 0 saturated carbocycles. The van der Waals surface area contributed by atoms with Gasteiger partial charge in [0.25, 0.3) is 0 Å². The zero-order valence-electron chi connectivity index (χ0n) is 18.8. The molecule has 0 aliphatic rings. The minimum atomic E-state index is 0.148. The van der Waals surface area contributed by atoms with Crippen molar-refractivity contribution in [1.29, 1.82) is 0 Å². The highest BCUT2D eigenvalue weighted by Crippen LogP contribution is 2.36. The lowest BCUT2D eigenvalue weighted by Crippen LogP contribution is -2.11. The molecule has 0 aliphatic heterocycles. The van der Waals surface area contributed by atoms with Crippen molar-refractivity contribution in [3.8, 4) is 0 Å². The number of hydrogen-bond acceptors (Lipinski definition) is 2. The van der Waals surface area contributed by atoms with Crippen LogP contribution >= 0.6 is 0 Å². The Morgan fingerprint density at radius 3 is 1.74 bits per heavy atom. The maximum atomic E-state index is 3.62. The number of para-hydroxylation sites is 2. The molecular formula is C29H30N2. The molecule has 0 spiro atoms. The molecule has 2 heteroatoms. The molecule has 4 aromatic rings. The average Bonchev–Trinajstić information content (AvgIpc) is 2.76. The summed E-state index contributed by atoms with van der Waals surface area (Å²) < 4.78 is 0. The first-order valence-electron chi connectivity index (χ1n) is 10.8. The Labute approximate surface area is 186 Å². The van der Waals surface area contributed by atoms with E-state index in [1.54, 1.807) is 0 Å². The highest BCUT2D eigenvalue weighted by atomic mass is 15.1. The van der Waals surface area contributed by atoms with E-state index in [4.69, 9.17) is 0 Å². The van der Waals surface area contributed by atoms with Gasteiger partial charge in [0.2, 0.25) is 0 Å². The molecule has 156 valence electrons. The molecule has 1 N–H and O–H groups in total. The normalized spacial score (nSPS) is 11.2. The Kier molecular flexibility index (Phi) is 5.81. The molecule has 0 aromatic heterocycles. The van der Waals surface area contributed by atoms with Crippen LogP contribution in [-0.2, 0) is 5.41 Å². The second kappa shape index (κ2) is 8.69. The summed E-state index contributed by atoms with van der Waals surface area (Å²) >= 11 is 0. The van der Waals surface area contributed by atoms with E-state index in [1.807, 2.05) is 0 Å². The van der Waals surface area contributed by atoms with Gasteiger partial charge in [-0.2, -0.15) is 0 Å². The van der Waals surface area contributed by atoms with Crippen LogP contribution < -0.4 is 10.2 Å². The molecule has 0 radical (unpaired) electrons. The van der Waals surface area contributed by atoms with Crippen LogP contribution in [0.3, 0.4) is 0 Å². The van der Waals surface area contributed by atoms with Crippen LogP contribution in [0.2, 0.25) is 0 Å². The number of hydrogen-bond donors (Lipinski definition) is 1. The van der Waals surface area contributed by atoms with Crippen molar-refractivity contribution < 1.29 is 0 Å². The van der Waals surface area contributed by atoms with Gasteiger partial charge in [0, 0.05) is 28.4 Å². The molecule has 0 saturated heterocycles. The first kappa shape index (κ1) is 20.7. The van der Waals surface area contributed by atoms with Crippen LogP contribution in [0, 0.1) is 6.92 Å². The summed E-state index contributed by atoms with van der Waals surface area (Å²) in [6.07, 6.45) is 0. The quantitative estimate of drug-likeness (QED) is 0.357. The summed E-state index contributed by atoms with van der Waals surface area (Å²) in [6.45, 7) is 8.92. The van der Waals surface area contributed by atoms with Crippen LogP contribution in [0.4, 0.5) is 28.4 Å². The number of anilines is 5. The smallest absolute Gasteiger partial charge is 0.0482 e.